The third-order valence-electron chi connectivity index (χ3n) is 4.65. The Morgan fingerprint density at radius 1 is 1.00 bits per heavy atom. The Morgan fingerprint density at radius 3 is 2.50 bits per heavy atom. The highest BCUT2D eigenvalue weighted by molar-refractivity contribution is 7.99. The number of anilines is 1. The number of aromatic amines is 1. The lowest BCUT2D eigenvalue weighted by molar-refractivity contribution is -0.700. The molecular formula is C24H24N3O2S+. The maximum absolute atomic E-state index is 12.5. The van der Waals surface area contributed by atoms with Crippen LogP contribution in [0.4, 0.5) is 5.69 Å². The monoisotopic (exact) mass is 418 g/mol. The summed E-state index contributed by atoms with van der Waals surface area (Å²) in [5.41, 5.74) is 4.16. The predicted molar refractivity (Wildman–Crippen MR) is 121 cm³/mol. The minimum absolute atomic E-state index is 0.0472. The van der Waals surface area contributed by atoms with Gasteiger partial charge >= 0.3 is 5.16 Å². The van der Waals surface area contributed by atoms with E-state index in [1.807, 2.05) is 61.5 Å². The molecule has 4 rings (SSSR count). The van der Waals surface area contributed by atoms with E-state index in [1.165, 1.54) is 17.3 Å². The molecule has 1 amide bonds. The number of nitrogens with one attached hydrogen (secondary N) is 2. The smallest absolute Gasteiger partial charge is 0.317 e. The third kappa shape index (κ3) is 4.83. The quantitative estimate of drug-likeness (QED) is 0.324. The van der Waals surface area contributed by atoms with Gasteiger partial charge in [0.15, 0.2) is 11.0 Å². The number of rotatable bonds is 8. The van der Waals surface area contributed by atoms with Crippen molar-refractivity contribution in [2.24, 2.45) is 0 Å². The number of fused-ring (bicyclic) bond motifs is 1. The minimum atomic E-state index is -0.0472. The fourth-order valence-corrected chi connectivity index (χ4v) is 4.12. The Balaban J connectivity index is 1.46. The van der Waals surface area contributed by atoms with Crippen LogP contribution in [0.25, 0.3) is 11.0 Å². The number of nitrogens with zero attached hydrogens (tertiary/aromatic N) is 1. The van der Waals surface area contributed by atoms with Crippen molar-refractivity contribution in [2.45, 2.75) is 18.6 Å². The average Bonchev–Trinajstić information content (AvgIpc) is 3.12. The number of carbonyl (C=O) groups excluding carboxylic acids is 1. The summed E-state index contributed by atoms with van der Waals surface area (Å²) in [5, 5.41) is 3.91. The highest BCUT2D eigenvalue weighted by Crippen LogP contribution is 2.20. The summed E-state index contributed by atoms with van der Waals surface area (Å²) in [6, 6.07) is 26.0. The van der Waals surface area contributed by atoms with E-state index in [0.29, 0.717) is 12.4 Å². The molecule has 2 N–H and O–H groups in total. The number of H-pyrrole nitrogens is 1. The van der Waals surface area contributed by atoms with Gasteiger partial charge in [0.05, 0.1) is 12.4 Å². The van der Waals surface area contributed by atoms with Crippen molar-refractivity contribution < 1.29 is 14.1 Å². The van der Waals surface area contributed by atoms with Crippen molar-refractivity contribution in [1.82, 2.24) is 4.98 Å². The zero-order valence-electron chi connectivity index (χ0n) is 16.8. The molecule has 5 nitrogen and oxygen atoms in total. The Labute approximate surface area is 180 Å². The van der Waals surface area contributed by atoms with Crippen LogP contribution in [0.15, 0.2) is 84.0 Å². The van der Waals surface area contributed by atoms with Crippen LogP contribution in [0.5, 0.6) is 5.75 Å². The molecule has 3 aromatic carbocycles. The van der Waals surface area contributed by atoms with E-state index >= 15 is 0 Å². The lowest BCUT2D eigenvalue weighted by atomic mass is 10.2. The van der Waals surface area contributed by atoms with Crippen LogP contribution < -0.4 is 14.6 Å². The number of carbonyl (C=O) groups is 1. The van der Waals surface area contributed by atoms with Gasteiger partial charge in [0, 0.05) is 5.69 Å². The molecule has 6 heteroatoms. The van der Waals surface area contributed by atoms with E-state index in [2.05, 4.69) is 39.1 Å². The number of benzene rings is 3. The first-order valence-corrected chi connectivity index (χ1v) is 10.9. The van der Waals surface area contributed by atoms with Gasteiger partial charge in [0.1, 0.15) is 12.3 Å². The average molecular weight is 419 g/mol. The Morgan fingerprint density at radius 2 is 1.73 bits per heavy atom. The van der Waals surface area contributed by atoms with E-state index in [-0.39, 0.29) is 5.91 Å². The van der Waals surface area contributed by atoms with E-state index in [4.69, 9.17) is 4.74 Å². The fourth-order valence-electron chi connectivity index (χ4n) is 3.28. The molecule has 0 unspecified atom stereocenters. The summed E-state index contributed by atoms with van der Waals surface area (Å²) < 4.78 is 7.66. The summed E-state index contributed by atoms with van der Waals surface area (Å²) in [7, 11) is 0. The molecule has 4 aromatic rings. The maximum Gasteiger partial charge on any atom is 0.317 e. The minimum Gasteiger partial charge on any atom is -0.494 e. The van der Waals surface area contributed by atoms with E-state index < -0.39 is 0 Å². The van der Waals surface area contributed by atoms with Gasteiger partial charge in [-0.1, -0.05) is 42.5 Å². The second-order valence-corrected chi connectivity index (χ2v) is 7.78. The van der Waals surface area contributed by atoms with Crippen LogP contribution in [0.3, 0.4) is 0 Å². The summed E-state index contributed by atoms with van der Waals surface area (Å²) in [4.78, 5) is 15.9. The molecule has 0 fully saturated rings. The van der Waals surface area contributed by atoms with Crippen molar-refractivity contribution >= 4 is 34.4 Å². The third-order valence-corrected chi connectivity index (χ3v) is 5.66. The molecule has 0 radical (unpaired) electrons. The number of imidazole rings is 1. The van der Waals surface area contributed by atoms with E-state index in [1.54, 1.807) is 0 Å². The number of hydrogen-bond donors (Lipinski definition) is 2. The van der Waals surface area contributed by atoms with Crippen LogP contribution in [0.1, 0.15) is 12.5 Å². The van der Waals surface area contributed by atoms with E-state index in [9.17, 15) is 4.79 Å². The largest absolute Gasteiger partial charge is 0.494 e. The first-order valence-electron chi connectivity index (χ1n) is 9.93. The van der Waals surface area contributed by atoms with Crippen molar-refractivity contribution in [3.63, 3.8) is 0 Å². The topological polar surface area (TPSA) is 58.0 Å². The number of amides is 1. The Kier molecular flexibility index (Phi) is 6.35. The molecule has 1 aromatic heterocycles. The molecule has 0 spiro atoms. The zero-order valence-corrected chi connectivity index (χ0v) is 17.6. The van der Waals surface area contributed by atoms with E-state index in [0.717, 1.165) is 34.2 Å². The molecule has 0 aliphatic rings. The molecular weight excluding hydrogens is 394 g/mol. The highest BCUT2D eigenvalue weighted by atomic mass is 32.2. The highest BCUT2D eigenvalue weighted by Gasteiger charge is 2.20. The number of aromatic nitrogens is 2. The predicted octanol–water partition coefficient (Wildman–Crippen LogP) is 4.63. The lowest BCUT2D eigenvalue weighted by Crippen LogP contribution is -2.35. The first-order chi connectivity index (χ1) is 14.7. The standard InChI is InChI=1S/C24H23N3O2S/c1-2-29-20-14-12-19(13-15-20)25-23(28)17-30-24-26-21-10-6-7-11-22(21)27(24)16-18-8-4-3-5-9-18/h3-15H,2,16-17H2,1H3,(H,25,28)/p+1. The van der Waals surface area contributed by atoms with Crippen LogP contribution in [-0.2, 0) is 11.3 Å². The van der Waals surface area contributed by atoms with Gasteiger partial charge < -0.3 is 10.1 Å². The van der Waals surface area contributed by atoms with Crippen molar-refractivity contribution in [1.29, 1.82) is 0 Å². The molecule has 0 bridgehead atoms. The summed E-state index contributed by atoms with van der Waals surface area (Å²) in [6.45, 7) is 3.31. The van der Waals surface area contributed by atoms with Gasteiger partial charge in [-0.05, 0) is 60.6 Å². The Bertz CT molecular complexity index is 1120. The first kappa shape index (κ1) is 20.0. The fraction of sp³-hybridized carbons (Fsp3) is 0.167. The van der Waals surface area contributed by atoms with Crippen LogP contribution in [0, 0.1) is 0 Å². The van der Waals surface area contributed by atoms with Gasteiger partial charge in [-0.15, -0.1) is 0 Å². The number of para-hydroxylation sites is 2. The van der Waals surface area contributed by atoms with Crippen LogP contribution in [0.2, 0.25) is 0 Å². The van der Waals surface area contributed by atoms with Gasteiger partial charge in [-0.3, -0.25) is 4.79 Å². The van der Waals surface area contributed by atoms with Gasteiger partial charge in [-0.25, -0.2) is 9.55 Å². The van der Waals surface area contributed by atoms with Gasteiger partial charge in [0.25, 0.3) is 0 Å². The van der Waals surface area contributed by atoms with Gasteiger partial charge in [0.2, 0.25) is 5.91 Å². The lowest BCUT2D eigenvalue weighted by Gasteiger charge is -2.07. The Hall–Kier alpha value is -3.25. The molecule has 0 atom stereocenters. The van der Waals surface area contributed by atoms with Crippen molar-refractivity contribution in [3.8, 4) is 5.75 Å². The molecule has 0 saturated carbocycles. The summed E-state index contributed by atoms with van der Waals surface area (Å²) in [5.74, 6) is 1.06. The second-order valence-electron chi connectivity index (χ2n) is 6.81. The summed E-state index contributed by atoms with van der Waals surface area (Å²) in [6.07, 6.45) is 0. The van der Waals surface area contributed by atoms with Crippen LogP contribution in [-0.4, -0.2) is 23.3 Å². The normalized spacial score (nSPS) is 10.8. The zero-order chi connectivity index (χ0) is 20.8. The molecule has 30 heavy (non-hydrogen) atoms. The molecule has 0 saturated heterocycles. The number of ether oxygens (including phenoxy) is 1. The van der Waals surface area contributed by atoms with Gasteiger partial charge in [-0.2, -0.15) is 0 Å². The molecule has 0 aliphatic heterocycles. The molecule has 152 valence electrons. The summed E-state index contributed by atoms with van der Waals surface area (Å²) >= 11 is 1.50. The molecule has 0 aliphatic carbocycles. The number of hydrogen-bond acceptors (Lipinski definition) is 3. The maximum atomic E-state index is 12.5. The van der Waals surface area contributed by atoms with Crippen molar-refractivity contribution in [2.75, 3.05) is 17.7 Å². The molecule has 1 heterocycles. The number of thioether (sulfide) groups is 1. The second kappa shape index (κ2) is 9.50. The van der Waals surface area contributed by atoms with Crippen molar-refractivity contribution in [3.05, 3.63) is 84.4 Å². The SMILES string of the molecule is CCOc1ccc(NC(=O)CSc2[nH]c3ccccc3[n+]2Cc2ccccc2)cc1. The van der Waals surface area contributed by atoms with Crippen LogP contribution >= 0.6 is 11.8 Å².